The van der Waals surface area contributed by atoms with Crippen LogP contribution < -0.4 is 5.32 Å². The molecule has 0 saturated carbocycles. The second-order valence-electron chi connectivity index (χ2n) is 4.84. The van der Waals surface area contributed by atoms with Gasteiger partial charge in [0.25, 0.3) is 0 Å². The van der Waals surface area contributed by atoms with Crippen molar-refractivity contribution in [3.05, 3.63) is 34.9 Å². The maximum atomic E-state index is 12.0. The first kappa shape index (κ1) is 15.1. The predicted molar refractivity (Wildman–Crippen MR) is 78.8 cm³/mol. The van der Waals surface area contributed by atoms with Gasteiger partial charge in [0.1, 0.15) is 0 Å². The molecule has 1 fully saturated rings. The van der Waals surface area contributed by atoms with Crippen LogP contribution in [0.15, 0.2) is 24.3 Å². The summed E-state index contributed by atoms with van der Waals surface area (Å²) in [5, 5.41) is 12.5. The molecule has 1 saturated heterocycles. The molecule has 0 spiro atoms. The number of urea groups is 1. The molecule has 1 aromatic rings. The lowest BCUT2D eigenvalue weighted by molar-refractivity contribution is 0.122. The third kappa shape index (κ3) is 4.37. The Morgan fingerprint density at radius 3 is 2.70 bits per heavy atom. The van der Waals surface area contributed by atoms with Gasteiger partial charge in [0.05, 0.1) is 6.61 Å². The van der Waals surface area contributed by atoms with Crippen LogP contribution in [0.5, 0.6) is 0 Å². The molecule has 110 valence electrons. The summed E-state index contributed by atoms with van der Waals surface area (Å²) in [5.74, 6) is 0. The van der Waals surface area contributed by atoms with E-state index >= 15 is 0 Å². The number of aliphatic hydroxyl groups excluding tert-OH is 1. The molecule has 0 radical (unpaired) electrons. The van der Waals surface area contributed by atoms with Crippen LogP contribution in [-0.4, -0.2) is 60.3 Å². The van der Waals surface area contributed by atoms with E-state index in [4.69, 9.17) is 16.7 Å². The van der Waals surface area contributed by atoms with E-state index in [1.165, 1.54) is 0 Å². The number of amides is 2. The highest BCUT2D eigenvalue weighted by Crippen LogP contribution is 2.10. The zero-order chi connectivity index (χ0) is 14.4. The Bertz CT molecular complexity index is 448. The zero-order valence-electron chi connectivity index (χ0n) is 11.4. The summed E-state index contributed by atoms with van der Waals surface area (Å²) >= 11 is 5.91. The van der Waals surface area contributed by atoms with E-state index in [0.717, 1.165) is 18.7 Å². The fraction of sp³-hybridized carbons (Fsp3) is 0.500. The van der Waals surface area contributed by atoms with Gasteiger partial charge in [-0.05, 0) is 17.7 Å². The van der Waals surface area contributed by atoms with Gasteiger partial charge in [-0.25, -0.2) is 4.79 Å². The lowest BCUT2D eigenvalue weighted by Gasteiger charge is -2.34. The molecular weight excluding hydrogens is 278 g/mol. The van der Waals surface area contributed by atoms with Crippen LogP contribution in [0.25, 0.3) is 0 Å². The highest BCUT2D eigenvalue weighted by atomic mass is 35.5. The second-order valence-corrected chi connectivity index (χ2v) is 5.28. The normalized spacial score (nSPS) is 16.2. The number of nitrogens with one attached hydrogen (secondary N) is 1. The molecule has 2 amide bonds. The number of benzene rings is 1. The van der Waals surface area contributed by atoms with Crippen molar-refractivity contribution in [2.45, 2.75) is 6.54 Å². The summed E-state index contributed by atoms with van der Waals surface area (Å²) in [6.07, 6.45) is 0. The summed E-state index contributed by atoms with van der Waals surface area (Å²) in [6.45, 7) is 4.34. The van der Waals surface area contributed by atoms with E-state index in [9.17, 15) is 4.79 Å². The Morgan fingerprint density at radius 1 is 1.30 bits per heavy atom. The van der Waals surface area contributed by atoms with E-state index in [1.807, 2.05) is 24.3 Å². The number of hydrogen-bond donors (Lipinski definition) is 2. The van der Waals surface area contributed by atoms with Crippen molar-refractivity contribution in [2.24, 2.45) is 0 Å². The van der Waals surface area contributed by atoms with Crippen LogP contribution in [0.3, 0.4) is 0 Å². The van der Waals surface area contributed by atoms with Gasteiger partial charge in [-0.1, -0.05) is 23.7 Å². The van der Waals surface area contributed by atoms with Gasteiger partial charge in [-0.3, -0.25) is 4.90 Å². The summed E-state index contributed by atoms with van der Waals surface area (Å²) in [4.78, 5) is 16.0. The Morgan fingerprint density at radius 2 is 2.05 bits per heavy atom. The minimum Gasteiger partial charge on any atom is -0.395 e. The third-order valence-corrected chi connectivity index (χ3v) is 3.64. The lowest BCUT2D eigenvalue weighted by atomic mass is 10.2. The monoisotopic (exact) mass is 297 g/mol. The molecule has 2 rings (SSSR count). The Hall–Kier alpha value is -1.30. The SMILES string of the molecule is O=C(NCc1cccc(Cl)c1)N1CCN(CCO)CC1. The van der Waals surface area contributed by atoms with Crippen molar-refractivity contribution in [1.29, 1.82) is 0 Å². The van der Waals surface area contributed by atoms with E-state index in [2.05, 4.69) is 10.2 Å². The van der Waals surface area contributed by atoms with Crippen LogP contribution >= 0.6 is 11.6 Å². The van der Waals surface area contributed by atoms with Crippen molar-refractivity contribution < 1.29 is 9.90 Å². The highest BCUT2D eigenvalue weighted by molar-refractivity contribution is 6.30. The summed E-state index contributed by atoms with van der Waals surface area (Å²) < 4.78 is 0. The van der Waals surface area contributed by atoms with Crippen LogP contribution in [0.2, 0.25) is 5.02 Å². The molecule has 1 aliphatic heterocycles. The molecule has 2 N–H and O–H groups in total. The van der Waals surface area contributed by atoms with Crippen molar-refractivity contribution in [3.8, 4) is 0 Å². The molecule has 0 aliphatic carbocycles. The Labute approximate surface area is 124 Å². The maximum absolute atomic E-state index is 12.0. The largest absolute Gasteiger partial charge is 0.395 e. The number of β-amino-alcohol motifs (C(OH)–C–C–N with tert-alkyl or cyclic N) is 1. The van der Waals surface area contributed by atoms with E-state index in [0.29, 0.717) is 31.2 Å². The first-order valence-electron chi connectivity index (χ1n) is 6.79. The van der Waals surface area contributed by atoms with Crippen molar-refractivity contribution in [1.82, 2.24) is 15.1 Å². The quantitative estimate of drug-likeness (QED) is 0.877. The average molecular weight is 298 g/mol. The molecule has 6 heteroatoms. The number of carbonyl (C=O) groups excluding carboxylic acids is 1. The Kier molecular flexibility index (Phi) is 5.64. The van der Waals surface area contributed by atoms with Crippen LogP contribution in [0.1, 0.15) is 5.56 Å². The van der Waals surface area contributed by atoms with Crippen molar-refractivity contribution >= 4 is 17.6 Å². The zero-order valence-corrected chi connectivity index (χ0v) is 12.1. The number of aliphatic hydroxyl groups is 1. The summed E-state index contributed by atoms with van der Waals surface area (Å²) in [7, 11) is 0. The van der Waals surface area contributed by atoms with Crippen LogP contribution in [-0.2, 0) is 6.54 Å². The number of carbonyl (C=O) groups is 1. The first-order chi connectivity index (χ1) is 9.69. The molecular formula is C14H20ClN3O2. The van der Waals surface area contributed by atoms with E-state index < -0.39 is 0 Å². The molecule has 0 aromatic heterocycles. The molecule has 5 nitrogen and oxygen atoms in total. The topological polar surface area (TPSA) is 55.8 Å². The fourth-order valence-electron chi connectivity index (χ4n) is 2.25. The maximum Gasteiger partial charge on any atom is 0.317 e. The van der Waals surface area contributed by atoms with Gasteiger partial charge in [-0.2, -0.15) is 0 Å². The van der Waals surface area contributed by atoms with Gasteiger partial charge in [-0.15, -0.1) is 0 Å². The van der Waals surface area contributed by atoms with Gasteiger partial charge >= 0.3 is 6.03 Å². The van der Waals surface area contributed by atoms with Crippen LogP contribution in [0, 0.1) is 0 Å². The minimum atomic E-state index is -0.0476. The Balaban J connectivity index is 1.76. The van der Waals surface area contributed by atoms with Gasteiger partial charge in [0, 0.05) is 44.3 Å². The molecule has 1 aromatic carbocycles. The standard InChI is InChI=1S/C14H20ClN3O2/c15-13-3-1-2-12(10-13)11-16-14(20)18-6-4-17(5-7-18)8-9-19/h1-3,10,19H,4-9,11H2,(H,16,20). The minimum absolute atomic E-state index is 0.0476. The first-order valence-corrected chi connectivity index (χ1v) is 7.17. The smallest absolute Gasteiger partial charge is 0.317 e. The molecule has 0 bridgehead atoms. The number of halogens is 1. The molecule has 1 heterocycles. The number of rotatable bonds is 4. The van der Waals surface area contributed by atoms with Crippen molar-refractivity contribution in [3.63, 3.8) is 0 Å². The lowest BCUT2D eigenvalue weighted by Crippen LogP contribution is -2.52. The van der Waals surface area contributed by atoms with E-state index in [1.54, 1.807) is 4.90 Å². The second kappa shape index (κ2) is 7.47. The third-order valence-electron chi connectivity index (χ3n) is 3.41. The summed E-state index contributed by atoms with van der Waals surface area (Å²) in [6, 6.07) is 7.42. The molecule has 1 aliphatic rings. The number of nitrogens with zero attached hydrogens (tertiary/aromatic N) is 2. The molecule has 0 unspecified atom stereocenters. The van der Waals surface area contributed by atoms with Crippen LogP contribution in [0.4, 0.5) is 4.79 Å². The van der Waals surface area contributed by atoms with Gasteiger partial charge in [0.15, 0.2) is 0 Å². The highest BCUT2D eigenvalue weighted by Gasteiger charge is 2.20. The molecule has 20 heavy (non-hydrogen) atoms. The van der Waals surface area contributed by atoms with Gasteiger partial charge < -0.3 is 15.3 Å². The predicted octanol–water partition coefficient (Wildman–Crippen LogP) is 1.16. The average Bonchev–Trinajstić information content (AvgIpc) is 2.46. The summed E-state index contributed by atoms with van der Waals surface area (Å²) in [5.41, 5.74) is 0.991. The number of hydrogen-bond acceptors (Lipinski definition) is 3. The molecule has 0 atom stereocenters. The van der Waals surface area contributed by atoms with Gasteiger partial charge in [0.2, 0.25) is 0 Å². The van der Waals surface area contributed by atoms with E-state index in [-0.39, 0.29) is 12.6 Å². The fourth-order valence-corrected chi connectivity index (χ4v) is 2.47. The number of piperazine rings is 1. The van der Waals surface area contributed by atoms with Crippen molar-refractivity contribution in [2.75, 3.05) is 39.3 Å².